The van der Waals surface area contributed by atoms with Gasteiger partial charge in [-0.3, -0.25) is 9.59 Å². The number of amides is 1. The predicted octanol–water partition coefficient (Wildman–Crippen LogP) is 6.03. The molecule has 2 aliphatic heterocycles. The van der Waals surface area contributed by atoms with Gasteiger partial charge in [-0.25, -0.2) is 0 Å². The molecule has 3 unspecified atom stereocenters. The van der Waals surface area contributed by atoms with Gasteiger partial charge in [-0.15, -0.1) is 0 Å². The number of nitrogens with one attached hydrogen (secondary N) is 1. The Bertz CT molecular complexity index is 1170. The molecule has 0 radical (unpaired) electrons. The van der Waals surface area contributed by atoms with Gasteiger partial charge in [-0.1, -0.05) is 30.3 Å². The molecular formula is C28H30F6N2O3. The number of likely N-dealkylation sites (tertiary alicyclic amines) is 1. The summed E-state index contributed by atoms with van der Waals surface area (Å²) >= 11 is 0. The second-order valence-corrected chi connectivity index (χ2v) is 10.3. The van der Waals surface area contributed by atoms with Gasteiger partial charge in [-0.2, -0.15) is 26.3 Å². The molecule has 2 aromatic carbocycles. The summed E-state index contributed by atoms with van der Waals surface area (Å²) in [5.74, 6) is -0.237. The number of carbonyl (C=O) groups is 2. The Hall–Kier alpha value is -2.92. The van der Waals surface area contributed by atoms with E-state index in [4.69, 9.17) is 4.74 Å². The first-order valence-electron chi connectivity index (χ1n) is 12.7. The average molecular weight is 557 g/mol. The number of piperidine rings is 1. The monoisotopic (exact) mass is 556 g/mol. The molecule has 212 valence electrons. The van der Waals surface area contributed by atoms with E-state index in [2.05, 4.69) is 5.32 Å². The Balaban J connectivity index is 1.62. The summed E-state index contributed by atoms with van der Waals surface area (Å²) < 4.78 is 86.2. The zero-order valence-electron chi connectivity index (χ0n) is 21.6. The van der Waals surface area contributed by atoms with E-state index in [1.165, 1.54) is 13.8 Å². The first-order chi connectivity index (χ1) is 18.2. The van der Waals surface area contributed by atoms with Crippen molar-refractivity contribution in [3.05, 3.63) is 70.8 Å². The van der Waals surface area contributed by atoms with Crippen LogP contribution < -0.4 is 5.32 Å². The minimum absolute atomic E-state index is 0.0856. The maximum Gasteiger partial charge on any atom is 0.416 e. The third kappa shape index (κ3) is 5.84. The lowest BCUT2D eigenvalue weighted by Gasteiger charge is -2.50. The number of ether oxygens (including phenoxy) is 1. The summed E-state index contributed by atoms with van der Waals surface area (Å²) in [7, 11) is 0. The highest BCUT2D eigenvalue weighted by molar-refractivity contribution is 5.92. The second kappa shape index (κ2) is 10.6. The molecule has 2 aliphatic rings. The normalized spacial score (nSPS) is 25.1. The molecular weight excluding hydrogens is 526 g/mol. The van der Waals surface area contributed by atoms with Gasteiger partial charge in [0.15, 0.2) is 5.78 Å². The molecule has 0 spiro atoms. The van der Waals surface area contributed by atoms with E-state index in [1.807, 2.05) is 18.2 Å². The van der Waals surface area contributed by atoms with E-state index in [9.17, 15) is 35.9 Å². The lowest BCUT2D eigenvalue weighted by Crippen LogP contribution is -2.67. The number of ketones is 1. The number of nitrogens with zero attached hydrogens (tertiary/aromatic N) is 1. The minimum atomic E-state index is -4.96. The Morgan fingerprint density at radius 1 is 1.03 bits per heavy atom. The molecule has 5 nitrogen and oxygen atoms in total. The molecule has 2 aromatic rings. The summed E-state index contributed by atoms with van der Waals surface area (Å²) in [6.45, 7) is 3.39. The van der Waals surface area contributed by atoms with Crippen LogP contribution in [0.2, 0.25) is 0 Å². The van der Waals surface area contributed by atoms with Crippen LogP contribution in [0.5, 0.6) is 0 Å². The molecule has 4 rings (SSSR count). The number of hydrogen-bond donors (Lipinski definition) is 1. The quantitative estimate of drug-likeness (QED) is 0.423. The Kier molecular flexibility index (Phi) is 7.88. The van der Waals surface area contributed by atoms with Crippen LogP contribution >= 0.6 is 0 Å². The van der Waals surface area contributed by atoms with Gasteiger partial charge in [0.1, 0.15) is 5.54 Å². The molecule has 2 heterocycles. The lowest BCUT2D eigenvalue weighted by atomic mass is 9.74. The fourth-order valence-corrected chi connectivity index (χ4v) is 5.52. The summed E-state index contributed by atoms with van der Waals surface area (Å²) in [5, 5.41) is 3.40. The third-order valence-corrected chi connectivity index (χ3v) is 7.92. The van der Waals surface area contributed by atoms with E-state index >= 15 is 0 Å². The lowest BCUT2D eigenvalue weighted by molar-refractivity contribution is -0.145. The van der Waals surface area contributed by atoms with Gasteiger partial charge in [0.2, 0.25) is 5.91 Å². The van der Waals surface area contributed by atoms with Gasteiger partial charge >= 0.3 is 12.4 Å². The van der Waals surface area contributed by atoms with Crippen molar-refractivity contribution in [1.29, 1.82) is 0 Å². The average Bonchev–Trinajstić information content (AvgIpc) is 3.33. The summed E-state index contributed by atoms with van der Waals surface area (Å²) in [6, 6.07) is 10.5. The van der Waals surface area contributed by atoms with Crippen LogP contribution in [0.15, 0.2) is 48.5 Å². The maximum atomic E-state index is 13.4. The molecule has 1 amide bonds. The first-order valence-corrected chi connectivity index (χ1v) is 12.7. The Morgan fingerprint density at radius 2 is 1.64 bits per heavy atom. The molecule has 2 fully saturated rings. The van der Waals surface area contributed by atoms with Gasteiger partial charge < -0.3 is 15.0 Å². The van der Waals surface area contributed by atoms with Crippen molar-refractivity contribution in [2.24, 2.45) is 0 Å². The van der Waals surface area contributed by atoms with Crippen LogP contribution in [0.4, 0.5) is 26.3 Å². The number of rotatable bonds is 7. The van der Waals surface area contributed by atoms with Crippen molar-refractivity contribution in [3.63, 3.8) is 0 Å². The highest BCUT2D eigenvalue weighted by atomic mass is 19.4. The van der Waals surface area contributed by atoms with Gasteiger partial charge in [0.05, 0.1) is 29.4 Å². The highest BCUT2D eigenvalue weighted by Crippen LogP contribution is 2.41. The first kappa shape index (κ1) is 29.1. The SMILES string of the molecule is CC(=O)C1(N2CCCC2=O)CCC(COC(C)c2cc(C(F)(F)F)cc(C(F)(F)F)c2)(c2ccccc2)NC1. The van der Waals surface area contributed by atoms with Crippen molar-refractivity contribution in [2.45, 2.75) is 69.1 Å². The van der Waals surface area contributed by atoms with E-state index in [-0.39, 0.29) is 36.5 Å². The van der Waals surface area contributed by atoms with Crippen LogP contribution in [0.25, 0.3) is 0 Å². The standard InChI is InChI=1S/C28H30F6N2O3/c1-18(20-13-22(27(29,30)31)15-23(14-20)28(32,33)34)39-17-25(21-7-4-3-5-8-21)10-11-26(16-35-25,19(2)37)36-12-6-9-24(36)38/h3-5,7-8,13-15,18,35H,6,9-12,16-17H2,1-2H3. The number of carbonyl (C=O) groups excluding carboxylic acids is 2. The second-order valence-electron chi connectivity index (χ2n) is 10.3. The van der Waals surface area contributed by atoms with Crippen molar-refractivity contribution in [2.75, 3.05) is 19.7 Å². The Labute approximate surface area is 222 Å². The topological polar surface area (TPSA) is 58.6 Å². The minimum Gasteiger partial charge on any atom is -0.372 e. The van der Waals surface area contributed by atoms with E-state index in [1.54, 1.807) is 17.0 Å². The van der Waals surface area contributed by atoms with Crippen LogP contribution in [-0.2, 0) is 32.2 Å². The number of hydrogen-bond acceptors (Lipinski definition) is 4. The van der Waals surface area contributed by atoms with Gasteiger partial charge in [0, 0.05) is 19.5 Å². The van der Waals surface area contributed by atoms with Crippen LogP contribution in [0.3, 0.4) is 0 Å². The van der Waals surface area contributed by atoms with E-state index in [0.29, 0.717) is 44.4 Å². The fourth-order valence-electron chi connectivity index (χ4n) is 5.52. The zero-order valence-corrected chi connectivity index (χ0v) is 21.6. The van der Waals surface area contributed by atoms with Crippen molar-refractivity contribution in [3.8, 4) is 0 Å². The number of halogens is 6. The van der Waals surface area contributed by atoms with Crippen molar-refractivity contribution < 1.29 is 40.7 Å². The largest absolute Gasteiger partial charge is 0.416 e. The number of alkyl halides is 6. The highest BCUT2D eigenvalue weighted by Gasteiger charge is 2.51. The van der Waals surface area contributed by atoms with Crippen LogP contribution in [0, 0.1) is 0 Å². The number of benzene rings is 2. The third-order valence-electron chi connectivity index (χ3n) is 7.92. The molecule has 11 heteroatoms. The summed E-state index contributed by atoms with van der Waals surface area (Å²) in [5.41, 5.74) is -4.18. The summed E-state index contributed by atoms with van der Waals surface area (Å²) in [6.07, 6.45) is -9.32. The molecule has 0 aliphatic carbocycles. The van der Waals surface area contributed by atoms with Crippen molar-refractivity contribution >= 4 is 11.7 Å². The predicted molar refractivity (Wildman–Crippen MR) is 131 cm³/mol. The molecule has 0 bridgehead atoms. The fraction of sp³-hybridized carbons (Fsp3) is 0.500. The molecule has 2 saturated heterocycles. The van der Waals surface area contributed by atoms with Crippen LogP contribution in [-0.4, -0.2) is 41.8 Å². The van der Waals surface area contributed by atoms with Crippen LogP contribution in [0.1, 0.15) is 67.9 Å². The zero-order chi connectivity index (χ0) is 28.6. The van der Waals surface area contributed by atoms with Gasteiger partial charge in [0.25, 0.3) is 0 Å². The smallest absolute Gasteiger partial charge is 0.372 e. The molecule has 3 atom stereocenters. The molecule has 1 N–H and O–H groups in total. The summed E-state index contributed by atoms with van der Waals surface area (Å²) in [4.78, 5) is 27.0. The molecule has 39 heavy (non-hydrogen) atoms. The van der Waals surface area contributed by atoms with E-state index in [0.717, 1.165) is 5.56 Å². The Morgan fingerprint density at radius 3 is 2.10 bits per heavy atom. The van der Waals surface area contributed by atoms with E-state index < -0.39 is 40.7 Å². The number of Topliss-reactive ketones (excluding diaryl/α,β-unsaturated/α-hetero) is 1. The molecule has 0 aromatic heterocycles. The molecule has 0 saturated carbocycles. The maximum absolute atomic E-state index is 13.4. The van der Waals surface area contributed by atoms with Crippen molar-refractivity contribution in [1.82, 2.24) is 10.2 Å². The van der Waals surface area contributed by atoms with Gasteiger partial charge in [-0.05, 0) is 62.4 Å².